The van der Waals surface area contributed by atoms with Gasteiger partial charge in [0.2, 0.25) is 12.2 Å². The Hall–Kier alpha value is -2.94. The van der Waals surface area contributed by atoms with Gasteiger partial charge in [0.25, 0.3) is 0 Å². The smallest absolute Gasteiger partial charge is 0.407 e. The fourth-order valence-corrected chi connectivity index (χ4v) is 7.65. The van der Waals surface area contributed by atoms with Crippen LogP contribution in [-0.4, -0.2) is 140 Å². The molecule has 340 valence electrons. The number of rotatable bonds is 8. The summed E-state index contributed by atoms with van der Waals surface area (Å²) in [4.78, 5) is 50.6. The van der Waals surface area contributed by atoms with Gasteiger partial charge in [-0.15, -0.1) is 0 Å². The zero-order valence-corrected chi connectivity index (χ0v) is 36.3. The SMILES string of the molecule is C.CO.CO.CO.CO.COC.COC.COC(=O)NC1CCC(CC2CCC(NC(=O)OC)CC2)CC1.O=C=NC1CCC(CC2CCC(N=C=O)CC2)CC1. The summed E-state index contributed by atoms with van der Waals surface area (Å²) in [5, 5.41) is 33.8. The molecule has 4 aliphatic carbocycles. The van der Waals surface area contributed by atoms with E-state index < -0.39 is 0 Å². The average molecular weight is 825 g/mol. The predicted molar refractivity (Wildman–Crippen MR) is 225 cm³/mol. The third-order valence-electron chi connectivity index (χ3n) is 10.1. The maximum atomic E-state index is 11.2. The Labute approximate surface area is 345 Å². The van der Waals surface area contributed by atoms with Gasteiger partial charge in [0, 0.05) is 69.0 Å². The van der Waals surface area contributed by atoms with E-state index in [4.69, 9.17) is 20.4 Å². The number of isocyanates is 2. The van der Waals surface area contributed by atoms with E-state index in [2.05, 4.69) is 39.6 Å². The van der Waals surface area contributed by atoms with E-state index in [1.54, 1.807) is 40.6 Å². The van der Waals surface area contributed by atoms with Crippen LogP contribution >= 0.6 is 0 Å². The van der Waals surface area contributed by atoms with Crippen LogP contribution in [-0.2, 0) is 28.5 Å². The lowest BCUT2D eigenvalue weighted by Crippen LogP contribution is -2.39. The van der Waals surface area contributed by atoms with Crippen molar-refractivity contribution >= 4 is 24.3 Å². The Kier molecular flexibility index (Phi) is 52.6. The summed E-state index contributed by atoms with van der Waals surface area (Å²) < 4.78 is 17.8. The van der Waals surface area contributed by atoms with E-state index >= 15 is 0 Å². The number of alkyl carbamates (subject to hydrolysis) is 2. The number of nitrogens with one attached hydrogen (secondary N) is 2. The molecule has 4 rings (SSSR count). The molecule has 4 saturated carbocycles. The monoisotopic (exact) mass is 825 g/mol. The third-order valence-corrected chi connectivity index (χ3v) is 10.1. The number of nitrogens with zero attached hydrogens (tertiary/aromatic N) is 2. The van der Waals surface area contributed by atoms with Gasteiger partial charge in [-0.05, 0) is 139 Å². The molecule has 0 spiro atoms. The molecule has 6 N–H and O–H groups in total. The molecule has 0 aromatic heterocycles. The second-order valence-electron chi connectivity index (χ2n) is 13.8. The molecule has 0 radical (unpaired) electrons. The van der Waals surface area contributed by atoms with Crippen LogP contribution in [0.2, 0.25) is 0 Å². The number of carbonyl (C=O) groups excluding carboxylic acids is 4. The Balaban J connectivity index is -0.000000239. The van der Waals surface area contributed by atoms with Gasteiger partial charge < -0.3 is 50.0 Å². The number of amides is 2. The predicted octanol–water partition coefficient (Wildman–Crippen LogP) is 5.97. The normalized spacial score (nSPS) is 25.2. The molecule has 0 aromatic carbocycles. The summed E-state index contributed by atoms with van der Waals surface area (Å²) in [6.45, 7) is 0. The van der Waals surface area contributed by atoms with Crippen molar-refractivity contribution in [3.63, 3.8) is 0 Å². The van der Waals surface area contributed by atoms with Gasteiger partial charge in [0.15, 0.2) is 0 Å². The number of ether oxygens (including phenoxy) is 4. The minimum atomic E-state index is -0.315. The lowest BCUT2D eigenvalue weighted by Gasteiger charge is -2.34. The second-order valence-corrected chi connectivity index (χ2v) is 13.8. The van der Waals surface area contributed by atoms with Crippen molar-refractivity contribution in [1.29, 1.82) is 0 Å². The molecule has 2 amide bonds. The van der Waals surface area contributed by atoms with Gasteiger partial charge in [-0.25, -0.2) is 29.2 Å². The summed E-state index contributed by atoms with van der Waals surface area (Å²) in [5.74, 6) is 3.16. The van der Waals surface area contributed by atoms with Crippen molar-refractivity contribution < 1.29 is 58.6 Å². The van der Waals surface area contributed by atoms with E-state index in [0.29, 0.717) is 0 Å². The number of aliphatic hydroxyl groups excluding tert-OH is 4. The van der Waals surface area contributed by atoms with Gasteiger partial charge in [-0.1, -0.05) is 7.43 Å². The molecule has 0 unspecified atom stereocenters. The van der Waals surface area contributed by atoms with Crippen molar-refractivity contribution in [3.8, 4) is 0 Å². The standard InChI is InChI=1S/C17H30N2O4.C15H22N2O2.2C2H6O.4CH4O.CH4/c1-22-16(20)18-14-7-3-12(4-8-14)11-13-5-9-15(10-6-13)19-17(21)23-2;18-10-16-14-5-1-12(2-6-14)9-13-3-7-15(8-4-13)17-11-19;2*1-3-2;4*1-2;/h12-15H,3-11H2,1-2H3,(H,18,20)(H,19,21);12-15H,1-9H2;2*1-2H3;4*2H,1H3;1H4. The summed E-state index contributed by atoms with van der Waals surface area (Å²) >= 11 is 0. The first-order valence-electron chi connectivity index (χ1n) is 19.7. The topological polar surface area (TPSA) is 235 Å². The zero-order chi connectivity index (χ0) is 43.6. The lowest BCUT2D eigenvalue weighted by molar-refractivity contribution is 0.153. The number of methoxy groups -OCH3 is 4. The summed E-state index contributed by atoms with van der Waals surface area (Å²) in [6.07, 6.45) is 23.3. The Bertz CT molecular complexity index is 877. The van der Waals surface area contributed by atoms with Crippen LogP contribution < -0.4 is 10.6 Å². The van der Waals surface area contributed by atoms with Crippen LogP contribution in [0, 0.1) is 23.7 Å². The molecule has 0 bridgehead atoms. The van der Waals surface area contributed by atoms with E-state index in [1.165, 1.54) is 78.4 Å². The number of hydrogen-bond acceptors (Lipinski definition) is 14. The van der Waals surface area contributed by atoms with Crippen LogP contribution in [0.25, 0.3) is 0 Å². The lowest BCUT2D eigenvalue weighted by atomic mass is 9.76. The largest absolute Gasteiger partial charge is 0.453 e. The number of carbonyl (C=O) groups is 2. The van der Waals surface area contributed by atoms with Gasteiger partial charge in [0.05, 0.1) is 26.3 Å². The maximum Gasteiger partial charge on any atom is 0.407 e. The molecule has 0 aliphatic heterocycles. The third kappa shape index (κ3) is 34.8. The van der Waals surface area contributed by atoms with E-state index in [-0.39, 0.29) is 43.8 Å². The van der Waals surface area contributed by atoms with Crippen LogP contribution in [0.4, 0.5) is 9.59 Å². The minimum Gasteiger partial charge on any atom is -0.453 e. The molecule has 0 saturated heterocycles. The van der Waals surface area contributed by atoms with Crippen molar-refractivity contribution in [2.75, 3.05) is 71.1 Å². The minimum absolute atomic E-state index is 0. The first kappa shape index (κ1) is 63.2. The molecule has 16 heteroatoms. The zero-order valence-electron chi connectivity index (χ0n) is 36.3. The summed E-state index contributed by atoms with van der Waals surface area (Å²) in [7, 11) is 13.3. The summed E-state index contributed by atoms with van der Waals surface area (Å²) in [6, 6.07) is 1.01. The highest BCUT2D eigenvalue weighted by molar-refractivity contribution is 5.67. The van der Waals surface area contributed by atoms with Gasteiger partial charge in [-0.2, -0.15) is 0 Å². The van der Waals surface area contributed by atoms with Crippen LogP contribution in [0.3, 0.4) is 0 Å². The highest BCUT2D eigenvalue weighted by Crippen LogP contribution is 2.37. The van der Waals surface area contributed by atoms with Crippen LogP contribution in [0.1, 0.15) is 123 Å². The number of hydrogen-bond donors (Lipinski definition) is 6. The Morgan fingerprint density at radius 2 is 0.684 bits per heavy atom. The van der Waals surface area contributed by atoms with E-state index in [9.17, 15) is 19.2 Å². The average Bonchev–Trinajstić information content (AvgIpc) is 3.25. The van der Waals surface area contributed by atoms with E-state index in [1.807, 2.05) is 0 Å². The number of aliphatic hydroxyl groups is 4. The van der Waals surface area contributed by atoms with Crippen molar-refractivity contribution in [2.45, 2.75) is 147 Å². The van der Waals surface area contributed by atoms with Crippen molar-refractivity contribution in [1.82, 2.24) is 10.6 Å². The van der Waals surface area contributed by atoms with Gasteiger partial charge in [0.1, 0.15) is 0 Å². The molecular formula is C41H84N4O12. The molecule has 16 nitrogen and oxygen atoms in total. The van der Waals surface area contributed by atoms with Crippen LogP contribution in [0.5, 0.6) is 0 Å². The molecule has 0 heterocycles. The fraction of sp³-hybridized carbons (Fsp3) is 0.902. The first-order valence-corrected chi connectivity index (χ1v) is 19.7. The molecular weight excluding hydrogens is 740 g/mol. The van der Waals surface area contributed by atoms with Crippen molar-refractivity contribution in [2.24, 2.45) is 33.7 Å². The fourth-order valence-electron chi connectivity index (χ4n) is 7.65. The Morgan fingerprint density at radius 3 is 0.877 bits per heavy atom. The van der Waals surface area contributed by atoms with Crippen molar-refractivity contribution in [3.05, 3.63) is 0 Å². The Morgan fingerprint density at radius 1 is 0.474 bits per heavy atom. The summed E-state index contributed by atoms with van der Waals surface area (Å²) in [5.41, 5.74) is 0. The molecule has 4 fully saturated rings. The number of aliphatic imine (C=N–C) groups is 2. The van der Waals surface area contributed by atoms with Gasteiger partial charge >= 0.3 is 12.2 Å². The molecule has 57 heavy (non-hydrogen) atoms. The maximum absolute atomic E-state index is 11.2. The molecule has 4 aliphatic rings. The quantitative estimate of drug-likeness (QED) is 0.123. The van der Waals surface area contributed by atoms with Crippen LogP contribution in [0.15, 0.2) is 9.98 Å². The second kappa shape index (κ2) is 47.4. The molecule has 0 atom stereocenters. The highest BCUT2D eigenvalue weighted by atomic mass is 16.5. The van der Waals surface area contributed by atoms with E-state index in [0.717, 1.165) is 103 Å². The van der Waals surface area contributed by atoms with Gasteiger partial charge in [-0.3, -0.25) is 0 Å². The molecule has 0 aromatic rings. The highest BCUT2D eigenvalue weighted by Gasteiger charge is 2.29. The first-order chi connectivity index (χ1) is 27.2.